The van der Waals surface area contributed by atoms with Crippen molar-refractivity contribution in [2.75, 3.05) is 6.54 Å². The molecule has 0 aromatic heterocycles. The molecule has 1 N–H and O–H groups in total. The van der Waals surface area contributed by atoms with E-state index in [0.717, 1.165) is 29.4 Å². The second kappa shape index (κ2) is 6.67. The summed E-state index contributed by atoms with van der Waals surface area (Å²) >= 11 is 3.33. The van der Waals surface area contributed by atoms with Crippen LogP contribution in [0.5, 0.6) is 0 Å². The van der Waals surface area contributed by atoms with Crippen LogP contribution in [0.15, 0.2) is 22.7 Å². The van der Waals surface area contributed by atoms with E-state index in [2.05, 4.69) is 48.9 Å². The van der Waals surface area contributed by atoms with E-state index in [0.29, 0.717) is 5.92 Å². The summed E-state index contributed by atoms with van der Waals surface area (Å²) in [7, 11) is 0. The van der Waals surface area contributed by atoms with Gasteiger partial charge in [0.1, 0.15) is 5.82 Å². The van der Waals surface area contributed by atoms with E-state index >= 15 is 0 Å². The van der Waals surface area contributed by atoms with E-state index in [4.69, 9.17) is 0 Å². The zero-order valence-electron chi connectivity index (χ0n) is 11.7. The topological polar surface area (TPSA) is 12.0 Å². The van der Waals surface area contributed by atoms with E-state index in [1.165, 1.54) is 6.07 Å². The molecule has 3 heteroatoms. The molecule has 1 aromatic carbocycles. The zero-order chi connectivity index (χ0) is 13.8. The van der Waals surface area contributed by atoms with Gasteiger partial charge in [-0.2, -0.15) is 0 Å². The van der Waals surface area contributed by atoms with E-state index in [1.807, 2.05) is 6.07 Å². The molecule has 1 atom stereocenters. The summed E-state index contributed by atoms with van der Waals surface area (Å²) in [5.74, 6) is 0.382. The fraction of sp³-hybridized carbons (Fsp3) is 0.600. The van der Waals surface area contributed by atoms with Crippen molar-refractivity contribution in [3.8, 4) is 0 Å². The summed E-state index contributed by atoms with van der Waals surface area (Å²) in [6.07, 6.45) is 2.02. The molecule has 0 aliphatic rings. The van der Waals surface area contributed by atoms with Crippen LogP contribution in [-0.4, -0.2) is 12.1 Å². The molecule has 0 radical (unpaired) electrons. The van der Waals surface area contributed by atoms with Crippen molar-refractivity contribution in [3.63, 3.8) is 0 Å². The van der Waals surface area contributed by atoms with Crippen LogP contribution in [0.25, 0.3) is 0 Å². The monoisotopic (exact) mass is 315 g/mol. The summed E-state index contributed by atoms with van der Waals surface area (Å²) in [5, 5.41) is 3.48. The van der Waals surface area contributed by atoms with Gasteiger partial charge in [-0.1, -0.05) is 22.9 Å². The minimum Gasteiger partial charge on any atom is -0.312 e. The molecule has 1 nitrogen and oxygen atoms in total. The quantitative estimate of drug-likeness (QED) is 0.840. The van der Waals surface area contributed by atoms with Gasteiger partial charge in [0.15, 0.2) is 0 Å². The number of nitrogens with one attached hydrogen (secondary N) is 1. The molecule has 18 heavy (non-hydrogen) atoms. The SMILES string of the molecule is CC(CCNC(C)(C)C)Cc1cc(F)cc(Br)c1. The van der Waals surface area contributed by atoms with E-state index in [-0.39, 0.29) is 11.4 Å². The third kappa shape index (κ3) is 6.50. The Bertz CT molecular complexity index is 364. The average Bonchev–Trinajstić information content (AvgIpc) is 2.12. The van der Waals surface area contributed by atoms with Gasteiger partial charge in [0.25, 0.3) is 0 Å². The molecule has 102 valence electrons. The molecule has 0 saturated heterocycles. The Morgan fingerprint density at radius 1 is 1.28 bits per heavy atom. The van der Waals surface area contributed by atoms with Crippen LogP contribution in [0.4, 0.5) is 4.39 Å². The van der Waals surface area contributed by atoms with Crippen LogP contribution in [0, 0.1) is 11.7 Å². The lowest BCUT2D eigenvalue weighted by atomic mass is 9.97. The van der Waals surface area contributed by atoms with Crippen molar-refractivity contribution in [2.45, 2.75) is 46.1 Å². The van der Waals surface area contributed by atoms with E-state index < -0.39 is 0 Å². The first kappa shape index (κ1) is 15.6. The van der Waals surface area contributed by atoms with Gasteiger partial charge < -0.3 is 5.32 Å². The molecule has 0 aliphatic carbocycles. The molecule has 0 fully saturated rings. The molecular weight excluding hydrogens is 293 g/mol. The van der Waals surface area contributed by atoms with Crippen molar-refractivity contribution in [1.82, 2.24) is 5.32 Å². The summed E-state index contributed by atoms with van der Waals surface area (Å²) in [4.78, 5) is 0. The van der Waals surface area contributed by atoms with E-state index in [1.54, 1.807) is 6.07 Å². The second-order valence-electron chi connectivity index (χ2n) is 6.05. The predicted molar refractivity (Wildman–Crippen MR) is 79.3 cm³/mol. The highest BCUT2D eigenvalue weighted by Crippen LogP contribution is 2.18. The Hall–Kier alpha value is -0.410. The number of hydrogen-bond acceptors (Lipinski definition) is 1. The van der Waals surface area contributed by atoms with Crippen LogP contribution in [0.1, 0.15) is 39.7 Å². The Labute approximate surface area is 118 Å². The van der Waals surface area contributed by atoms with Crippen LogP contribution in [0.3, 0.4) is 0 Å². The lowest BCUT2D eigenvalue weighted by Crippen LogP contribution is -2.37. The summed E-state index contributed by atoms with van der Waals surface area (Å²) in [5.41, 5.74) is 1.23. The van der Waals surface area contributed by atoms with Gasteiger partial charge >= 0.3 is 0 Å². The number of hydrogen-bond donors (Lipinski definition) is 1. The third-order valence-corrected chi connectivity index (χ3v) is 3.26. The van der Waals surface area contributed by atoms with Crippen molar-refractivity contribution in [1.29, 1.82) is 0 Å². The predicted octanol–water partition coefficient (Wildman–Crippen LogP) is 4.55. The fourth-order valence-electron chi connectivity index (χ4n) is 1.93. The molecule has 0 saturated carbocycles. The Morgan fingerprint density at radius 2 is 1.94 bits per heavy atom. The number of benzene rings is 1. The van der Waals surface area contributed by atoms with Gasteiger partial charge in [-0.25, -0.2) is 4.39 Å². The maximum Gasteiger partial charge on any atom is 0.124 e. The van der Waals surface area contributed by atoms with Crippen LogP contribution in [-0.2, 0) is 6.42 Å². The van der Waals surface area contributed by atoms with Gasteiger partial charge in [0.2, 0.25) is 0 Å². The Balaban J connectivity index is 2.42. The molecule has 0 spiro atoms. The first-order chi connectivity index (χ1) is 8.26. The summed E-state index contributed by atoms with van der Waals surface area (Å²) < 4.78 is 14.1. The zero-order valence-corrected chi connectivity index (χ0v) is 13.3. The highest BCUT2D eigenvalue weighted by atomic mass is 79.9. The van der Waals surface area contributed by atoms with Gasteiger partial charge in [0, 0.05) is 10.0 Å². The van der Waals surface area contributed by atoms with E-state index in [9.17, 15) is 4.39 Å². The van der Waals surface area contributed by atoms with Crippen LogP contribution < -0.4 is 5.32 Å². The van der Waals surface area contributed by atoms with Crippen molar-refractivity contribution in [2.24, 2.45) is 5.92 Å². The fourth-order valence-corrected chi connectivity index (χ4v) is 2.44. The Kier molecular flexibility index (Phi) is 5.80. The number of rotatable bonds is 5. The molecule has 1 rings (SSSR count). The minimum absolute atomic E-state index is 0.167. The van der Waals surface area contributed by atoms with Gasteiger partial charge in [-0.05, 0) is 69.8 Å². The lowest BCUT2D eigenvalue weighted by molar-refractivity contribution is 0.394. The van der Waals surface area contributed by atoms with Crippen LogP contribution >= 0.6 is 15.9 Å². The first-order valence-electron chi connectivity index (χ1n) is 6.46. The average molecular weight is 316 g/mol. The van der Waals surface area contributed by atoms with Crippen molar-refractivity contribution in [3.05, 3.63) is 34.1 Å². The molecule has 0 bridgehead atoms. The largest absolute Gasteiger partial charge is 0.312 e. The maximum absolute atomic E-state index is 13.2. The molecule has 0 amide bonds. The van der Waals surface area contributed by atoms with Gasteiger partial charge in [-0.15, -0.1) is 0 Å². The van der Waals surface area contributed by atoms with Crippen molar-refractivity contribution >= 4 is 15.9 Å². The standard InChI is InChI=1S/C15H23BrFN/c1-11(5-6-18-15(2,3)4)7-12-8-13(16)10-14(17)9-12/h8-11,18H,5-7H2,1-4H3. The van der Waals surface area contributed by atoms with Gasteiger partial charge in [0.05, 0.1) is 0 Å². The first-order valence-corrected chi connectivity index (χ1v) is 7.25. The van der Waals surface area contributed by atoms with Crippen LogP contribution in [0.2, 0.25) is 0 Å². The summed E-state index contributed by atoms with van der Waals surface area (Å²) in [6.45, 7) is 9.72. The summed E-state index contributed by atoms with van der Waals surface area (Å²) in [6, 6.07) is 5.12. The maximum atomic E-state index is 13.2. The molecule has 1 aromatic rings. The normalized spacial score (nSPS) is 13.7. The molecule has 1 unspecified atom stereocenters. The second-order valence-corrected chi connectivity index (χ2v) is 6.97. The lowest BCUT2D eigenvalue weighted by Gasteiger charge is -2.22. The highest BCUT2D eigenvalue weighted by Gasteiger charge is 2.10. The molecule has 0 aliphatic heterocycles. The third-order valence-electron chi connectivity index (χ3n) is 2.80. The molecule has 0 heterocycles. The minimum atomic E-state index is -0.167. The highest BCUT2D eigenvalue weighted by molar-refractivity contribution is 9.10. The van der Waals surface area contributed by atoms with Gasteiger partial charge in [-0.3, -0.25) is 0 Å². The Morgan fingerprint density at radius 3 is 2.50 bits per heavy atom. The number of halogens is 2. The van der Waals surface area contributed by atoms with Crippen molar-refractivity contribution < 1.29 is 4.39 Å². The smallest absolute Gasteiger partial charge is 0.124 e. The molecular formula is C15H23BrFN.